The molecule has 4 nitrogen and oxygen atoms in total. The van der Waals surface area contributed by atoms with Crippen molar-refractivity contribution in [3.05, 3.63) is 35.4 Å². The number of halogens is 3. The molecule has 4 bridgehead atoms. The highest BCUT2D eigenvalue weighted by Gasteiger charge is 2.62. The maximum absolute atomic E-state index is 13.3. The SMILES string of the molecule is CC1(C)C(=O)N(C2C3CC4CC(C3)CC2C4)N1C(=O)c1cccc(C(F)(F)F)c1. The smallest absolute Gasteiger partial charge is 0.270 e. The van der Waals surface area contributed by atoms with Crippen LogP contribution in [0, 0.1) is 23.7 Å². The van der Waals surface area contributed by atoms with Gasteiger partial charge in [-0.25, -0.2) is 10.0 Å². The average Bonchev–Trinajstić information content (AvgIpc) is 2.65. The quantitative estimate of drug-likeness (QED) is 0.725. The van der Waals surface area contributed by atoms with E-state index in [0.29, 0.717) is 11.8 Å². The Kier molecular flexibility index (Phi) is 3.91. The molecule has 5 aliphatic rings. The van der Waals surface area contributed by atoms with Gasteiger partial charge in [0.1, 0.15) is 5.54 Å². The third-order valence-electron chi connectivity index (χ3n) is 7.57. The molecule has 1 saturated heterocycles. The average molecular weight is 406 g/mol. The van der Waals surface area contributed by atoms with E-state index < -0.39 is 23.2 Å². The molecule has 5 fully saturated rings. The second-order valence-electron chi connectivity index (χ2n) is 9.83. The summed E-state index contributed by atoms with van der Waals surface area (Å²) in [6.45, 7) is 3.35. The van der Waals surface area contributed by atoms with Gasteiger partial charge in [-0.1, -0.05) is 6.07 Å². The van der Waals surface area contributed by atoms with Gasteiger partial charge in [-0.05, 0) is 87.8 Å². The maximum atomic E-state index is 13.3. The number of hydrogen-bond donors (Lipinski definition) is 0. The minimum Gasteiger partial charge on any atom is -0.270 e. The highest BCUT2D eigenvalue weighted by atomic mass is 19.4. The number of amides is 2. The predicted molar refractivity (Wildman–Crippen MR) is 99.4 cm³/mol. The number of carbonyl (C=O) groups excluding carboxylic acids is 2. The summed E-state index contributed by atoms with van der Waals surface area (Å²) in [6, 6.07) is 4.48. The largest absolute Gasteiger partial charge is 0.416 e. The first-order valence-electron chi connectivity index (χ1n) is 10.4. The van der Waals surface area contributed by atoms with E-state index in [1.165, 1.54) is 23.6 Å². The standard InChI is InChI=1S/C22H25F3N2O2/c1-21(2)20(29)26(18-15-7-12-6-13(9-15)10-16(18)8-12)27(21)19(28)14-4-3-5-17(11-14)22(23,24)25/h3-5,11-13,15-16,18H,6-10H2,1-2H3. The Morgan fingerprint density at radius 2 is 1.62 bits per heavy atom. The molecule has 1 aliphatic heterocycles. The lowest BCUT2D eigenvalue weighted by atomic mass is 9.53. The van der Waals surface area contributed by atoms with E-state index in [-0.39, 0.29) is 17.5 Å². The molecule has 0 atom stereocenters. The molecule has 0 radical (unpaired) electrons. The van der Waals surface area contributed by atoms with E-state index in [1.54, 1.807) is 18.9 Å². The molecule has 1 aromatic rings. The fourth-order valence-corrected chi connectivity index (χ4v) is 6.55. The van der Waals surface area contributed by atoms with Crippen molar-refractivity contribution in [2.45, 2.75) is 63.7 Å². The summed E-state index contributed by atoms with van der Waals surface area (Å²) in [7, 11) is 0. The second kappa shape index (κ2) is 5.99. The van der Waals surface area contributed by atoms with E-state index in [0.717, 1.165) is 49.7 Å². The predicted octanol–water partition coefficient (Wildman–Crippen LogP) is 4.51. The van der Waals surface area contributed by atoms with Crippen LogP contribution in [0.25, 0.3) is 0 Å². The topological polar surface area (TPSA) is 40.6 Å². The number of benzene rings is 1. The summed E-state index contributed by atoms with van der Waals surface area (Å²) in [6.07, 6.45) is 1.13. The summed E-state index contributed by atoms with van der Waals surface area (Å²) >= 11 is 0. The van der Waals surface area contributed by atoms with E-state index in [4.69, 9.17) is 0 Å². The fraction of sp³-hybridized carbons (Fsp3) is 0.636. The number of hydrazine groups is 1. The van der Waals surface area contributed by atoms with E-state index in [9.17, 15) is 22.8 Å². The normalized spacial score (nSPS) is 35.1. The molecule has 4 aliphatic carbocycles. The lowest BCUT2D eigenvalue weighted by molar-refractivity contribution is -0.230. The van der Waals surface area contributed by atoms with Crippen molar-refractivity contribution in [3.63, 3.8) is 0 Å². The van der Waals surface area contributed by atoms with Gasteiger partial charge in [0.2, 0.25) is 0 Å². The third-order valence-corrected chi connectivity index (χ3v) is 7.57. The molecule has 1 aromatic carbocycles. The van der Waals surface area contributed by atoms with Crippen LogP contribution in [0.15, 0.2) is 24.3 Å². The van der Waals surface area contributed by atoms with Crippen molar-refractivity contribution >= 4 is 11.8 Å². The van der Waals surface area contributed by atoms with Crippen LogP contribution in [0.5, 0.6) is 0 Å². The number of nitrogens with zero attached hydrogens (tertiary/aromatic N) is 2. The lowest BCUT2D eigenvalue weighted by Gasteiger charge is -2.65. The lowest BCUT2D eigenvalue weighted by Crippen LogP contribution is -2.80. The van der Waals surface area contributed by atoms with Gasteiger partial charge < -0.3 is 0 Å². The van der Waals surface area contributed by atoms with Gasteiger partial charge in [-0.2, -0.15) is 13.2 Å². The zero-order valence-electron chi connectivity index (χ0n) is 16.6. The van der Waals surface area contributed by atoms with Gasteiger partial charge in [0.15, 0.2) is 0 Å². The van der Waals surface area contributed by atoms with Crippen molar-refractivity contribution in [1.29, 1.82) is 0 Å². The Hall–Kier alpha value is -2.05. The summed E-state index contributed by atoms with van der Waals surface area (Å²) in [5.41, 5.74) is -1.93. The Morgan fingerprint density at radius 1 is 1.03 bits per heavy atom. The molecular formula is C22H25F3N2O2. The number of alkyl halides is 3. The van der Waals surface area contributed by atoms with Crippen molar-refractivity contribution < 1.29 is 22.8 Å². The third kappa shape index (κ3) is 2.72. The molecule has 2 amide bonds. The molecule has 29 heavy (non-hydrogen) atoms. The molecule has 0 unspecified atom stereocenters. The highest BCUT2D eigenvalue weighted by Crippen LogP contribution is 2.57. The molecule has 7 heteroatoms. The first kappa shape index (κ1) is 18.9. The van der Waals surface area contributed by atoms with Gasteiger partial charge in [-0.15, -0.1) is 0 Å². The van der Waals surface area contributed by atoms with Crippen LogP contribution in [-0.4, -0.2) is 33.4 Å². The molecule has 4 saturated carbocycles. The van der Waals surface area contributed by atoms with Crippen LogP contribution < -0.4 is 0 Å². The fourth-order valence-electron chi connectivity index (χ4n) is 6.55. The summed E-state index contributed by atoms with van der Waals surface area (Å²) in [4.78, 5) is 26.3. The maximum Gasteiger partial charge on any atom is 0.416 e. The molecule has 0 N–H and O–H groups in total. The number of rotatable bonds is 2. The number of carbonyl (C=O) groups is 2. The van der Waals surface area contributed by atoms with Crippen LogP contribution >= 0.6 is 0 Å². The molecule has 156 valence electrons. The summed E-state index contributed by atoms with van der Waals surface area (Å²) in [5, 5.41) is 3.04. The van der Waals surface area contributed by atoms with Crippen molar-refractivity contribution in [2.75, 3.05) is 0 Å². The Balaban J connectivity index is 1.47. The van der Waals surface area contributed by atoms with Crippen molar-refractivity contribution in [2.24, 2.45) is 23.7 Å². The molecule has 0 spiro atoms. The zero-order valence-corrected chi connectivity index (χ0v) is 16.6. The van der Waals surface area contributed by atoms with E-state index in [2.05, 4.69) is 0 Å². The van der Waals surface area contributed by atoms with Crippen LogP contribution in [0.1, 0.15) is 61.9 Å². The van der Waals surface area contributed by atoms with Crippen LogP contribution in [0.3, 0.4) is 0 Å². The van der Waals surface area contributed by atoms with E-state index in [1.807, 2.05) is 0 Å². The van der Waals surface area contributed by atoms with Gasteiger partial charge in [0, 0.05) is 5.56 Å². The number of hydrogen-bond acceptors (Lipinski definition) is 2. The summed E-state index contributed by atoms with van der Waals surface area (Å²) in [5.74, 6) is 1.60. The zero-order chi connectivity index (χ0) is 20.7. The van der Waals surface area contributed by atoms with E-state index >= 15 is 0 Å². The van der Waals surface area contributed by atoms with Crippen LogP contribution in [0.2, 0.25) is 0 Å². The van der Waals surface area contributed by atoms with Crippen LogP contribution in [0.4, 0.5) is 13.2 Å². The Bertz CT molecular complexity index is 851. The Labute approximate surface area is 168 Å². The van der Waals surface area contributed by atoms with Gasteiger partial charge in [0.05, 0.1) is 11.6 Å². The molecular weight excluding hydrogens is 381 g/mol. The van der Waals surface area contributed by atoms with Gasteiger partial charge in [-0.3, -0.25) is 9.59 Å². The van der Waals surface area contributed by atoms with Crippen molar-refractivity contribution in [3.8, 4) is 0 Å². The molecule has 6 rings (SSSR count). The first-order chi connectivity index (χ1) is 13.6. The van der Waals surface area contributed by atoms with Gasteiger partial charge in [0.25, 0.3) is 11.8 Å². The van der Waals surface area contributed by atoms with Crippen molar-refractivity contribution in [1.82, 2.24) is 10.0 Å². The summed E-state index contributed by atoms with van der Waals surface area (Å²) < 4.78 is 39.4. The Morgan fingerprint density at radius 3 is 2.17 bits per heavy atom. The van der Waals surface area contributed by atoms with Crippen LogP contribution in [-0.2, 0) is 11.0 Å². The second-order valence-corrected chi connectivity index (χ2v) is 9.83. The minimum absolute atomic E-state index is 0.00178. The first-order valence-corrected chi connectivity index (χ1v) is 10.4. The minimum atomic E-state index is -4.52. The van der Waals surface area contributed by atoms with Gasteiger partial charge >= 0.3 is 6.18 Å². The molecule has 1 heterocycles. The monoisotopic (exact) mass is 406 g/mol. The molecule has 0 aromatic heterocycles. The highest BCUT2D eigenvalue weighted by molar-refractivity contribution is 6.04.